The van der Waals surface area contributed by atoms with Crippen LogP contribution in [0.15, 0.2) is 30.0 Å². The number of amides is 1. The van der Waals surface area contributed by atoms with Gasteiger partial charge in [-0.05, 0) is 12.0 Å². The van der Waals surface area contributed by atoms with Crippen LogP contribution in [-0.4, -0.2) is 17.5 Å². The lowest BCUT2D eigenvalue weighted by atomic mass is 9.99. The number of allylic oxidation sites excluding steroid dienone is 2. The second-order valence-corrected chi connectivity index (χ2v) is 4.66. The maximum Gasteiger partial charge on any atom is 0.221 e. The van der Waals surface area contributed by atoms with Crippen LogP contribution < -0.4 is 5.32 Å². The molecule has 1 aliphatic carbocycles. The van der Waals surface area contributed by atoms with Crippen molar-refractivity contribution in [3.8, 4) is 0 Å². The van der Waals surface area contributed by atoms with E-state index < -0.39 is 18.1 Å². The summed E-state index contributed by atoms with van der Waals surface area (Å²) in [6.07, 6.45) is 0.206. The van der Waals surface area contributed by atoms with Crippen LogP contribution in [0.1, 0.15) is 50.4 Å². The van der Waals surface area contributed by atoms with Crippen LogP contribution in [0.2, 0.25) is 0 Å². The Morgan fingerprint density at radius 3 is 2.50 bits per heavy atom. The molecule has 0 saturated heterocycles. The third kappa shape index (κ3) is 2.54. The molecule has 1 aliphatic rings. The number of hydrogen-bond donors (Lipinski definition) is 1. The highest BCUT2D eigenvalue weighted by atomic mass is 16.2. The summed E-state index contributed by atoms with van der Waals surface area (Å²) >= 11 is 0. The average molecular weight is 272 g/mol. The Kier molecular flexibility index (Phi) is 3.72. The molecule has 1 atom stereocenters. The van der Waals surface area contributed by atoms with Crippen LogP contribution in [0.4, 0.5) is 0 Å². The van der Waals surface area contributed by atoms with E-state index in [1.54, 1.807) is 24.3 Å². The van der Waals surface area contributed by atoms with Gasteiger partial charge in [0.15, 0.2) is 5.78 Å². The Morgan fingerprint density at radius 1 is 1.25 bits per heavy atom. The van der Waals surface area contributed by atoms with Gasteiger partial charge < -0.3 is 5.32 Å². The Balaban J connectivity index is 2.53. The van der Waals surface area contributed by atoms with Crippen LogP contribution in [0.25, 0.3) is 5.57 Å². The van der Waals surface area contributed by atoms with Crippen LogP contribution in [0.3, 0.4) is 0 Å². The summed E-state index contributed by atoms with van der Waals surface area (Å²) in [6, 6.07) is 6.74. The largest absolute Gasteiger partial charge is 0.322 e. The van der Waals surface area contributed by atoms with Gasteiger partial charge in [0.2, 0.25) is 11.7 Å². The summed E-state index contributed by atoms with van der Waals surface area (Å²) in [7, 11) is 0. The molecular weight excluding hydrogens is 254 g/mol. The first-order valence-electron chi connectivity index (χ1n) is 7.17. The van der Waals surface area contributed by atoms with Gasteiger partial charge in [0.25, 0.3) is 0 Å². The number of Topliss-reactive ketones (excluding diaryl/α,β-unsaturated/α-hetero) is 2. The van der Waals surface area contributed by atoms with E-state index in [2.05, 4.69) is 5.32 Å². The molecular formula is C16H17NO3. The first kappa shape index (κ1) is 12.8. The van der Waals surface area contributed by atoms with Gasteiger partial charge in [0.1, 0.15) is 5.70 Å². The Bertz CT molecular complexity index is 649. The van der Waals surface area contributed by atoms with E-state index in [9.17, 15) is 14.4 Å². The zero-order chi connectivity index (χ0) is 15.6. The third-order valence-electron chi connectivity index (χ3n) is 3.08. The molecule has 2 rings (SSSR count). The fourth-order valence-corrected chi connectivity index (χ4v) is 2.21. The van der Waals surface area contributed by atoms with Crippen molar-refractivity contribution >= 4 is 23.0 Å². The summed E-state index contributed by atoms with van der Waals surface area (Å²) in [5.41, 5.74) is 1.07. The summed E-state index contributed by atoms with van der Waals surface area (Å²) in [6.45, 7) is 3.18. The van der Waals surface area contributed by atoms with E-state index in [0.29, 0.717) is 24.0 Å². The number of fused-ring (bicyclic) bond motifs is 1. The number of nitrogens with one attached hydrogen (secondary N) is 1. The van der Waals surface area contributed by atoms with E-state index in [-0.39, 0.29) is 17.1 Å². The standard InChI is InChI=1S/C16H17NO3/c1-3-4-9-13(19)14-11-7-5-6-8-12(11)16(20)15(14)17-10(2)18/h5-8H,3-4,9H2,1-2H3,(H,17,18,20)/i9D. The molecule has 1 amide bonds. The normalized spacial score (nSPS) is 15.7. The number of hydrogen-bond acceptors (Lipinski definition) is 3. The van der Waals surface area contributed by atoms with Crippen molar-refractivity contribution in [3.63, 3.8) is 0 Å². The molecule has 4 heteroatoms. The molecule has 0 fully saturated rings. The third-order valence-corrected chi connectivity index (χ3v) is 3.08. The van der Waals surface area contributed by atoms with E-state index in [1.807, 2.05) is 6.92 Å². The predicted molar refractivity (Wildman–Crippen MR) is 76.0 cm³/mol. The lowest BCUT2D eigenvalue weighted by molar-refractivity contribution is -0.118. The minimum Gasteiger partial charge on any atom is -0.322 e. The van der Waals surface area contributed by atoms with Gasteiger partial charge in [-0.2, -0.15) is 0 Å². The number of carbonyl (C=O) groups is 3. The maximum atomic E-state index is 12.5. The van der Waals surface area contributed by atoms with Crippen molar-refractivity contribution in [3.05, 3.63) is 41.1 Å². The molecule has 20 heavy (non-hydrogen) atoms. The highest BCUT2D eigenvalue weighted by Gasteiger charge is 2.33. The molecule has 1 aromatic carbocycles. The minimum atomic E-state index is -0.923. The number of ketones is 2. The number of benzene rings is 1. The minimum absolute atomic E-state index is 0.00190. The molecule has 1 aromatic rings. The second kappa shape index (κ2) is 5.82. The molecule has 0 radical (unpaired) electrons. The Labute approximate surface area is 119 Å². The lowest BCUT2D eigenvalue weighted by Gasteiger charge is -2.06. The molecule has 0 spiro atoms. The molecule has 1 unspecified atom stereocenters. The Hall–Kier alpha value is -2.23. The monoisotopic (exact) mass is 272 g/mol. The van der Waals surface area contributed by atoms with Crippen molar-refractivity contribution in [2.75, 3.05) is 0 Å². The number of carbonyl (C=O) groups excluding carboxylic acids is 3. The first-order chi connectivity index (χ1) is 9.97. The average Bonchev–Trinajstić information content (AvgIpc) is 2.71. The zero-order valence-corrected chi connectivity index (χ0v) is 11.5. The van der Waals surface area contributed by atoms with Crippen LogP contribution in [-0.2, 0) is 9.59 Å². The molecule has 0 saturated carbocycles. The van der Waals surface area contributed by atoms with E-state index >= 15 is 0 Å². The van der Waals surface area contributed by atoms with Gasteiger partial charge >= 0.3 is 0 Å². The van der Waals surface area contributed by atoms with Crippen molar-refractivity contribution in [2.24, 2.45) is 0 Å². The molecule has 1 N–H and O–H groups in total. The predicted octanol–water partition coefficient (Wildman–Crippen LogP) is 2.49. The van der Waals surface area contributed by atoms with E-state index in [1.165, 1.54) is 6.92 Å². The van der Waals surface area contributed by atoms with Gasteiger partial charge in [-0.25, -0.2) is 0 Å². The SMILES string of the molecule is [2H]C(CCC)C(=O)C1=C(NC(C)=O)C(=O)c2ccccc21. The Morgan fingerprint density at radius 2 is 1.90 bits per heavy atom. The highest BCUT2D eigenvalue weighted by molar-refractivity contribution is 6.35. The van der Waals surface area contributed by atoms with Crippen LogP contribution in [0.5, 0.6) is 0 Å². The van der Waals surface area contributed by atoms with Gasteiger partial charge in [-0.3, -0.25) is 14.4 Å². The molecule has 104 valence electrons. The summed E-state index contributed by atoms with van der Waals surface area (Å²) in [5, 5.41) is 2.45. The van der Waals surface area contributed by atoms with Crippen molar-refractivity contribution in [1.29, 1.82) is 0 Å². The highest BCUT2D eigenvalue weighted by Crippen LogP contribution is 2.33. The van der Waals surface area contributed by atoms with E-state index in [4.69, 9.17) is 1.37 Å². The topological polar surface area (TPSA) is 63.2 Å². The molecule has 0 aromatic heterocycles. The first-order valence-corrected chi connectivity index (χ1v) is 6.59. The maximum absolute atomic E-state index is 12.5. The van der Waals surface area contributed by atoms with Crippen molar-refractivity contribution in [2.45, 2.75) is 33.1 Å². The molecule has 4 nitrogen and oxygen atoms in total. The molecule has 0 aliphatic heterocycles. The van der Waals surface area contributed by atoms with Crippen molar-refractivity contribution < 1.29 is 15.8 Å². The van der Waals surface area contributed by atoms with Gasteiger partial charge in [-0.15, -0.1) is 0 Å². The summed E-state index contributed by atoms with van der Waals surface area (Å²) in [5.74, 6) is -1.19. The molecule has 0 heterocycles. The number of rotatable bonds is 5. The zero-order valence-electron chi connectivity index (χ0n) is 12.5. The van der Waals surface area contributed by atoms with E-state index in [0.717, 1.165) is 0 Å². The van der Waals surface area contributed by atoms with Crippen molar-refractivity contribution in [1.82, 2.24) is 5.32 Å². The summed E-state index contributed by atoms with van der Waals surface area (Å²) < 4.78 is 7.91. The van der Waals surface area contributed by atoms with Gasteiger partial charge in [-0.1, -0.05) is 37.6 Å². The lowest BCUT2D eigenvalue weighted by Crippen LogP contribution is -2.24. The quantitative estimate of drug-likeness (QED) is 0.895. The molecule has 0 bridgehead atoms. The summed E-state index contributed by atoms with van der Waals surface area (Å²) in [4.78, 5) is 36.1. The fraction of sp³-hybridized carbons (Fsp3) is 0.312. The van der Waals surface area contributed by atoms with Gasteiger partial charge in [0.05, 0.1) is 5.57 Å². The second-order valence-electron chi connectivity index (χ2n) is 4.66. The van der Waals surface area contributed by atoms with Gasteiger partial charge in [0, 0.05) is 20.3 Å². The van der Waals surface area contributed by atoms with Crippen LogP contribution in [0, 0.1) is 0 Å². The van der Waals surface area contributed by atoms with Crippen LogP contribution >= 0.6 is 0 Å². The smallest absolute Gasteiger partial charge is 0.221 e. The fourth-order valence-electron chi connectivity index (χ4n) is 2.21.